The van der Waals surface area contributed by atoms with Gasteiger partial charge in [-0.25, -0.2) is 0 Å². The zero-order chi connectivity index (χ0) is 37.3. The first-order chi connectivity index (χ1) is 26.1. The molecule has 0 amide bonds. The van der Waals surface area contributed by atoms with Crippen LogP contribution in [-0.4, -0.2) is 128 Å². The Morgan fingerprint density at radius 2 is 1.61 bits per heavy atom. The Morgan fingerprint density at radius 3 is 2.44 bits per heavy atom. The SMILES string of the molecule is C=C1CC2CCC34CC5OC6C(O3)C3OC(CCC3O[C@H]6C5O4)CC(=O)CC3C(CC4OC(CCC1O2)CC(C)C4=C)OC(CC(O)CN=[N+]=[N-])C3OC. The van der Waals surface area contributed by atoms with Crippen LogP contribution in [0.2, 0.25) is 0 Å². The Bertz CT molecular complexity index is 1510. The Labute approximate surface area is 317 Å². The van der Waals surface area contributed by atoms with Crippen LogP contribution in [-0.2, 0) is 47.4 Å². The predicted molar refractivity (Wildman–Crippen MR) is 191 cm³/mol. The van der Waals surface area contributed by atoms with E-state index in [0.717, 1.165) is 49.7 Å². The highest BCUT2D eigenvalue weighted by molar-refractivity contribution is 5.79. The summed E-state index contributed by atoms with van der Waals surface area (Å²) in [5.41, 5.74) is 11.0. The minimum Gasteiger partial charge on any atom is -0.393 e. The van der Waals surface area contributed by atoms with Gasteiger partial charge >= 0.3 is 0 Å². The topological polar surface area (TPSA) is 169 Å². The number of fused-ring (bicyclic) bond motifs is 6. The van der Waals surface area contributed by atoms with Crippen molar-refractivity contribution in [1.82, 2.24) is 0 Å². The number of ether oxygens (including phenoxy) is 9. The molecule has 0 aromatic carbocycles. The second kappa shape index (κ2) is 15.1. The van der Waals surface area contributed by atoms with Gasteiger partial charge in [0, 0.05) is 56.5 Å². The monoisotopic (exact) mass is 755 g/mol. The lowest BCUT2D eigenvalue weighted by Crippen LogP contribution is -2.61. The molecule has 298 valence electrons. The molecule has 14 heteroatoms. The van der Waals surface area contributed by atoms with Gasteiger partial charge in [-0.2, -0.15) is 0 Å². The Kier molecular flexibility index (Phi) is 10.5. The van der Waals surface area contributed by atoms with Crippen LogP contribution in [0.4, 0.5) is 0 Å². The van der Waals surface area contributed by atoms with E-state index in [1.165, 1.54) is 0 Å². The van der Waals surface area contributed by atoms with Crippen molar-refractivity contribution < 1.29 is 52.5 Å². The standard InChI is InChI=1S/C40H57N3O11/c1-19-11-24-5-7-28-20(2)12-26(47-28)9-10-40-17-33-36(53-40)37-38(52-33)39(54-40)35-29(51-37)8-6-25(49-35)13-22(44)14-27-31(16-30(48-24)21(19)3)50-32(34(27)46-4)15-23(45)18-42-43-41/h19,23-39,45H,2-3,5-18H2,1,4H3/t19?,23?,24?,25?,26?,27?,28?,29?,30?,31?,32?,33?,34?,35?,36?,37-,38?,39?,40?/m0/s1. The van der Waals surface area contributed by atoms with Crippen LogP contribution in [0.3, 0.4) is 0 Å². The predicted octanol–water partition coefficient (Wildman–Crippen LogP) is 4.79. The van der Waals surface area contributed by atoms with Crippen LogP contribution < -0.4 is 0 Å². The van der Waals surface area contributed by atoms with Gasteiger partial charge in [-0.05, 0) is 67.5 Å². The molecule has 18 unspecified atom stereocenters. The number of hydrogen-bond donors (Lipinski definition) is 1. The summed E-state index contributed by atoms with van der Waals surface area (Å²) >= 11 is 0. The number of Topliss-reactive ketones (excluding diaryl/α,β-unsaturated/α-hetero) is 1. The minimum atomic E-state index is -0.908. The lowest BCUT2D eigenvalue weighted by Gasteiger charge is -2.47. The highest BCUT2D eigenvalue weighted by atomic mass is 16.8. The van der Waals surface area contributed by atoms with Crippen LogP contribution in [0.1, 0.15) is 90.4 Å². The van der Waals surface area contributed by atoms with Crippen molar-refractivity contribution in [2.45, 2.75) is 194 Å². The quantitative estimate of drug-likeness (QED) is 0.177. The van der Waals surface area contributed by atoms with E-state index in [1.54, 1.807) is 7.11 Å². The van der Waals surface area contributed by atoms with Gasteiger partial charge in [0.25, 0.3) is 0 Å². The number of carbonyl (C=O) groups excluding carboxylic acids is 1. The summed E-state index contributed by atoms with van der Waals surface area (Å²) in [6, 6.07) is 0. The van der Waals surface area contributed by atoms with Gasteiger partial charge in [-0.15, -0.1) is 0 Å². The molecule has 10 heterocycles. The molecule has 1 N–H and O–H groups in total. The maximum atomic E-state index is 14.1. The average Bonchev–Trinajstić information content (AvgIpc) is 3.82. The van der Waals surface area contributed by atoms with Gasteiger partial charge in [0.2, 0.25) is 0 Å². The highest BCUT2D eigenvalue weighted by Gasteiger charge is 2.68. The van der Waals surface area contributed by atoms with Gasteiger partial charge < -0.3 is 47.7 Å². The van der Waals surface area contributed by atoms with Crippen molar-refractivity contribution in [3.63, 3.8) is 0 Å². The van der Waals surface area contributed by atoms with Crippen LogP contribution in [0.15, 0.2) is 29.4 Å². The van der Waals surface area contributed by atoms with Crippen molar-refractivity contribution in [2.24, 2.45) is 17.0 Å². The summed E-state index contributed by atoms with van der Waals surface area (Å²) in [6.07, 6.45) is 3.73. The van der Waals surface area contributed by atoms with Crippen molar-refractivity contribution in [2.75, 3.05) is 13.7 Å². The lowest BCUT2D eigenvalue weighted by molar-refractivity contribution is -0.292. The Balaban J connectivity index is 0.988. The molecular weight excluding hydrogens is 698 g/mol. The first-order valence-corrected chi connectivity index (χ1v) is 20.5. The zero-order valence-corrected chi connectivity index (χ0v) is 31.6. The highest BCUT2D eigenvalue weighted by Crippen LogP contribution is 2.54. The Morgan fingerprint density at radius 1 is 0.852 bits per heavy atom. The number of ketones is 1. The molecule has 0 aliphatic carbocycles. The number of aliphatic hydroxyl groups excluding tert-OH is 1. The number of aliphatic hydroxyl groups is 1. The number of carbonyl (C=O) groups is 1. The van der Waals surface area contributed by atoms with E-state index in [0.29, 0.717) is 25.7 Å². The first-order valence-electron chi connectivity index (χ1n) is 20.5. The number of nitrogens with zero attached hydrogens (tertiary/aromatic N) is 3. The van der Waals surface area contributed by atoms with E-state index < -0.39 is 24.1 Å². The van der Waals surface area contributed by atoms with Crippen molar-refractivity contribution >= 4 is 5.78 Å². The molecule has 0 radical (unpaired) electrons. The molecule has 10 aliphatic heterocycles. The van der Waals surface area contributed by atoms with Crippen molar-refractivity contribution in [3.8, 4) is 0 Å². The van der Waals surface area contributed by atoms with E-state index in [9.17, 15) is 9.90 Å². The third kappa shape index (κ3) is 7.01. The molecule has 54 heavy (non-hydrogen) atoms. The second-order valence-corrected chi connectivity index (χ2v) is 17.6. The largest absolute Gasteiger partial charge is 0.393 e. The fourth-order valence-corrected chi connectivity index (χ4v) is 11.4. The summed E-state index contributed by atoms with van der Waals surface area (Å²) in [7, 11) is 1.62. The summed E-state index contributed by atoms with van der Waals surface area (Å²) in [5.74, 6) is -0.767. The molecule has 0 saturated carbocycles. The molecule has 0 aromatic heterocycles. The fraction of sp³-hybridized carbons (Fsp3) is 0.875. The molecular formula is C40H57N3O11. The second-order valence-electron chi connectivity index (χ2n) is 17.6. The van der Waals surface area contributed by atoms with Crippen LogP contribution in [0.5, 0.6) is 0 Å². The van der Waals surface area contributed by atoms with E-state index in [1.807, 2.05) is 0 Å². The third-order valence-corrected chi connectivity index (χ3v) is 14.1. The number of hydrogen-bond acceptors (Lipinski definition) is 12. The van der Waals surface area contributed by atoms with Crippen molar-refractivity contribution in [3.05, 3.63) is 34.7 Å². The minimum absolute atomic E-state index is 0.0142. The van der Waals surface area contributed by atoms with Gasteiger partial charge in [0.1, 0.15) is 36.3 Å². The van der Waals surface area contributed by atoms with Gasteiger partial charge in [0.05, 0.1) is 73.7 Å². The average molecular weight is 756 g/mol. The number of rotatable bonds is 5. The molecule has 10 fully saturated rings. The van der Waals surface area contributed by atoms with Crippen LogP contribution in [0, 0.1) is 11.8 Å². The molecule has 10 saturated heterocycles. The zero-order valence-electron chi connectivity index (χ0n) is 31.6. The third-order valence-electron chi connectivity index (χ3n) is 14.1. The maximum Gasteiger partial charge on any atom is 0.172 e. The smallest absolute Gasteiger partial charge is 0.172 e. The summed E-state index contributed by atoms with van der Waals surface area (Å²) < 4.78 is 60.0. The van der Waals surface area contributed by atoms with Crippen molar-refractivity contribution in [1.29, 1.82) is 0 Å². The van der Waals surface area contributed by atoms with E-state index in [2.05, 4.69) is 30.1 Å². The molecule has 10 aliphatic rings. The molecule has 0 aromatic rings. The number of azide groups is 1. The molecule has 1 spiro atoms. The molecule has 10 rings (SSSR count). The van der Waals surface area contributed by atoms with E-state index >= 15 is 0 Å². The van der Waals surface area contributed by atoms with E-state index in [4.69, 9.17) is 48.2 Å². The molecule has 14 nitrogen and oxygen atoms in total. The van der Waals surface area contributed by atoms with E-state index in [-0.39, 0.29) is 123 Å². The van der Waals surface area contributed by atoms with Gasteiger partial charge in [-0.1, -0.05) is 25.2 Å². The molecule has 12 bridgehead atoms. The Hall–Kier alpha value is -1.94. The van der Waals surface area contributed by atoms with Gasteiger partial charge in [-0.3, -0.25) is 4.79 Å². The lowest BCUT2D eigenvalue weighted by atomic mass is 9.81. The summed E-state index contributed by atoms with van der Waals surface area (Å²) in [6.45, 7) is 11.0. The normalized spacial score (nSPS) is 50.6. The summed E-state index contributed by atoms with van der Waals surface area (Å²) in [4.78, 5) is 16.9. The van der Waals surface area contributed by atoms with Crippen LogP contribution >= 0.6 is 0 Å². The van der Waals surface area contributed by atoms with Crippen LogP contribution in [0.25, 0.3) is 10.4 Å². The first kappa shape index (κ1) is 37.6. The number of methoxy groups -OCH3 is 1. The fourth-order valence-electron chi connectivity index (χ4n) is 11.4. The maximum absolute atomic E-state index is 14.1. The molecule has 19 atom stereocenters. The van der Waals surface area contributed by atoms with Gasteiger partial charge in [0.15, 0.2) is 5.79 Å². The summed E-state index contributed by atoms with van der Waals surface area (Å²) in [5, 5.41) is 14.3.